The third-order valence-corrected chi connectivity index (χ3v) is 11.8. The van der Waals surface area contributed by atoms with Crippen LogP contribution in [0, 0.1) is 17.8 Å². The second kappa shape index (κ2) is 14.9. The molecular weight excluding hydrogens is 635 g/mol. The van der Waals surface area contributed by atoms with Crippen LogP contribution in [0.5, 0.6) is 0 Å². The summed E-state index contributed by atoms with van der Waals surface area (Å²) in [5, 5.41) is 16.2. The molecule has 266 valence electrons. The Bertz CT molecular complexity index is 1740. The zero-order chi connectivity index (χ0) is 34.8. The van der Waals surface area contributed by atoms with Gasteiger partial charge in [0.05, 0.1) is 18.8 Å². The van der Waals surface area contributed by atoms with Gasteiger partial charge < -0.3 is 25.2 Å². The summed E-state index contributed by atoms with van der Waals surface area (Å²) in [7, 11) is 2.14. The summed E-state index contributed by atoms with van der Waals surface area (Å²) in [4.78, 5) is 15.6. The molecule has 7 nitrogen and oxygen atoms in total. The number of hydrogen-bond donors (Lipinski definition) is 3. The van der Waals surface area contributed by atoms with Gasteiger partial charge in [0.25, 0.3) is 0 Å². The predicted molar refractivity (Wildman–Crippen MR) is 199 cm³/mol. The van der Waals surface area contributed by atoms with E-state index in [4.69, 9.17) is 9.47 Å². The molecule has 3 atom stereocenters. The molecule has 2 amide bonds. The lowest BCUT2D eigenvalue weighted by molar-refractivity contribution is -0.252. The Morgan fingerprint density at radius 1 is 0.765 bits per heavy atom. The summed E-state index contributed by atoms with van der Waals surface area (Å²) >= 11 is 0. The number of amides is 2. The number of carbonyl (C=O) groups is 1. The minimum Gasteiger partial charge on any atom is -0.392 e. The van der Waals surface area contributed by atoms with E-state index in [-0.39, 0.29) is 30.4 Å². The number of carbonyl (C=O) groups excluding carboxylic acids is 1. The Kier molecular flexibility index (Phi) is 9.97. The van der Waals surface area contributed by atoms with Gasteiger partial charge in [-0.15, -0.1) is 0 Å². The molecule has 0 radical (unpaired) electrons. The molecule has 51 heavy (non-hydrogen) atoms. The van der Waals surface area contributed by atoms with E-state index in [1.54, 1.807) is 0 Å². The highest BCUT2D eigenvalue weighted by Crippen LogP contribution is 2.55. The van der Waals surface area contributed by atoms with Crippen LogP contribution in [-0.4, -0.2) is 41.3 Å². The number of likely N-dealkylation sites (N-methyl/N-ethyl adjacent to an activating group) is 1. The quantitative estimate of drug-likeness (QED) is 0.148. The highest BCUT2D eigenvalue weighted by molar-refractivity contribution is 5.76. The van der Waals surface area contributed by atoms with Crippen molar-refractivity contribution < 1.29 is 19.4 Å². The average molecular weight is 686 g/mol. The van der Waals surface area contributed by atoms with E-state index in [0.717, 1.165) is 89.9 Å². The van der Waals surface area contributed by atoms with Crippen molar-refractivity contribution >= 4 is 6.03 Å². The van der Waals surface area contributed by atoms with Gasteiger partial charge in [-0.1, -0.05) is 103 Å². The number of nitrogens with zero attached hydrogens (tertiary/aromatic N) is 1. The van der Waals surface area contributed by atoms with Crippen molar-refractivity contribution in [3.05, 3.63) is 131 Å². The molecule has 4 saturated carbocycles. The smallest absolute Gasteiger partial charge is 0.315 e. The van der Waals surface area contributed by atoms with Crippen LogP contribution in [0.2, 0.25) is 0 Å². The molecule has 1 heterocycles. The van der Waals surface area contributed by atoms with Gasteiger partial charge in [0.1, 0.15) is 0 Å². The largest absolute Gasteiger partial charge is 0.392 e. The molecule has 9 rings (SSSR count). The van der Waals surface area contributed by atoms with Crippen molar-refractivity contribution in [2.24, 2.45) is 17.8 Å². The number of nitrogens with one attached hydrogen (secondary N) is 2. The van der Waals surface area contributed by atoms with Crippen LogP contribution in [0.15, 0.2) is 103 Å². The minimum atomic E-state index is -0.518. The summed E-state index contributed by atoms with van der Waals surface area (Å²) in [6.07, 6.45) is 7.57. The first-order chi connectivity index (χ1) is 24.9. The SMILES string of the molecule is CN(Cc1ccccc1)C[C@H]1C[C@@H](c2ccc(CO)cc2)O[C@@H](c2ccc(-c3ccccc3CNC(=O)NC34CC5CC(CC(C5)C3)C4)cc2)O1. The molecule has 1 saturated heterocycles. The topological polar surface area (TPSA) is 83.1 Å². The Hall–Kier alpha value is -4.01. The molecule has 5 aliphatic rings. The van der Waals surface area contributed by atoms with E-state index in [0.29, 0.717) is 6.54 Å². The van der Waals surface area contributed by atoms with Crippen molar-refractivity contribution in [2.75, 3.05) is 13.6 Å². The number of ether oxygens (including phenoxy) is 2. The molecule has 4 bridgehead atoms. The molecule has 4 aliphatic carbocycles. The second-order valence-electron chi connectivity index (χ2n) is 15.8. The number of aliphatic hydroxyl groups is 1. The number of aliphatic hydroxyl groups excluding tert-OH is 1. The Morgan fingerprint density at radius 2 is 1.41 bits per heavy atom. The van der Waals surface area contributed by atoms with Crippen molar-refractivity contribution in [1.29, 1.82) is 0 Å². The number of urea groups is 1. The average Bonchev–Trinajstić information content (AvgIpc) is 3.14. The molecule has 4 aromatic carbocycles. The maximum atomic E-state index is 13.3. The summed E-state index contributed by atoms with van der Waals surface area (Å²) in [6.45, 7) is 2.11. The first kappa shape index (κ1) is 34.1. The summed E-state index contributed by atoms with van der Waals surface area (Å²) in [6, 6.07) is 35.3. The lowest BCUT2D eigenvalue weighted by Crippen LogP contribution is -2.61. The number of benzene rings is 4. The lowest BCUT2D eigenvalue weighted by Gasteiger charge is -2.56. The van der Waals surface area contributed by atoms with E-state index >= 15 is 0 Å². The first-order valence-electron chi connectivity index (χ1n) is 18.9. The zero-order valence-electron chi connectivity index (χ0n) is 29.7. The van der Waals surface area contributed by atoms with Crippen LogP contribution < -0.4 is 10.6 Å². The maximum Gasteiger partial charge on any atom is 0.315 e. The van der Waals surface area contributed by atoms with Crippen LogP contribution in [0.1, 0.15) is 85.2 Å². The Balaban J connectivity index is 0.946. The molecule has 3 N–H and O–H groups in total. The van der Waals surface area contributed by atoms with Crippen LogP contribution in [0.4, 0.5) is 4.79 Å². The Labute approximate surface area is 302 Å². The molecule has 0 spiro atoms. The molecule has 5 fully saturated rings. The van der Waals surface area contributed by atoms with Crippen LogP contribution in [0.25, 0.3) is 11.1 Å². The second-order valence-corrected chi connectivity index (χ2v) is 15.8. The summed E-state index contributed by atoms with van der Waals surface area (Å²) in [5.41, 5.74) is 7.48. The number of rotatable bonds is 11. The third kappa shape index (κ3) is 7.92. The highest BCUT2D eigenvalue weighted by Gasteiger charge is 2.51. The molecule has 0 aromatic heterocycles. The highest BCUT2D eigenvalue weighted by atomic mass is 16.7. The van der Waals surface area contributed by atoms with Gasteiger partial charge in [0.2, 0.25) is 0 Å². The zero-order valence-corrected chi connectivity index (χ0v) is 29.7. The summed E-state index contributed by atoms with van der Waals surface area (Å²) < 4.78 is 13.3. The van der Waals surface area contributed by atoms with Crippen molar-refractivity contribution in [3.8, 4) is 11.1 Å². The molecule has 1 aliphatic heterocycles. The number of hydrogen-bond acceptors (Lipinski definition) is 5. The van der Waals surface area contributed by atoms with E-state index < -0.39 is 6.29 Å². The van der Waals surface area contributed by atoms with Crippen LogP contribution >= 0.6 is 0 Å². The Morgan fingerprint density at radius 3 is 2.10 bits per heavy atom. The standard InChI is InChI=1S/C44H51N3O4/c1-47(27-30-7-3-2-4-8-30)28-39-22-41(36-13-11-31(29-48)12-14-36)51-42(50-39)37-17-15-35(16-18-37)40-10-6-5-9-38(40)26-45-43(49)46-44-23-32-19-33(24-44)21-34(20-32)25-44/h2-18,32-34,39,41-42,48H,19-29H2,1H3,(H2,45,46,49)/t32?,33?,34?,39-,41+,42+,44?/m1/s1. The maximum absolute atomic E-state index is 13.3. The van der Waals surface area contributed by atoms with Gasteiger partial charge in [-0.3, -0.25) is 4.90 Å². The summed E-state index contributed by atoms with van der Waals surface area (Å²) in [5.74, 6) is 2.38. The van der Waals surface area contributed by atoms with Gasteiger partial charge in [0.15, 0.2) is 6.29 Å². The fraction of sp³-hybridized carbons (Fsp3) is 0.432. The van der Waals surface area contributed by atoms with E-state index in [1.165, 1.54) is 24.8 Å². The van der Waals surface area contributed by atoms with Crippen molar-refractivity contribution in [2.45, 2.75) is 88.7 Å². The molecule has 0 unspecified atom stereocenters. The molecule has 7 heteroatoms. The first-order valence-corrected chi connectivity index (χ1v) is 18.9. The van der Waals surface area contributed by atoms with Gasteiger partial charge in [0, 0.05) is 37.2 Å². The van der Waals surface area contributed by atoms with Crippen molar-refractivity contribution in [1.82, 2.24) is 15.5 Å². The normalized spacial score (nSPS) is 28.1. The fourth-order valence-corrected chi connectivity index (χ4v) is 9.84. The van der Waals surface area contributed by atoms with Gasteiger partial charge in [-0.05, 0) is 96.7 Å². The van der Waals surface area contributed by atoms with E-state index in [2.05, 4.69) is 101 Å². The monoisotopic (exact) mass is 685 g/mol. The third-order valence-electron chi connectivity index (χ3n) is 11.8. The van der Waals surface area contributed by atoms with Gasteiger partial charge in [-0.25, -0.2) is 4.79 Å². The van der Waals surface area contributed by atoms with Gasteiger partial charge in [-0.2, -0.15) is 0 Å². The fourth-order valence-electron chi connectivity index (χ4n) is 9.84. The van der Waals surface area contributed by atoms with Crippen molar-refractivity contribution in [3.63, 3.8) is 0 Å². The molecular formula is C44H51N3O4. The molecule has 4 aromatic rings. The van der Waals surface area contributed by atoms with E-state index in [1.807, 2.05) is 24.3 Å². The van der Waals surface area contributed by atoms with Crippen LogP contribution in [-0.2, 0) is 29.2 Å². The van der Waals surface area contributed by atoms with Gasteiger partial charge >= 0.3 is 6.03 Å². The van der Waals surface area contributed by atoms with Crippen LogP contribution in [0.3, 0.4) is 0 Å². The lowest BCUT2D eigenvalue weighted by atomic mass is 9.53. The minimum absolute atomic E-state index is 0.00432. The van der Waals surface area contributed by atoms with E-state index in [9.17, 15) is 9.90 Å². The predicted octanol–water partition coefficient (Wildman–Crippen LogP) is 8.29.